The van der Waals surface area contributed by atoms with Crippen molar-refractivity contribution >= 4 is 17.4 Å². The van der Waals surface area contributed by atoms with Crippen molar-refractivity contribution in [3.63, 3.8) is 0 Å². The number of rotatable bonds is 1. The summed E-state index contributed by atoms with van der Waals surface area (Å²) in [5.41, 5.74) is 6.33. The minimum atomic E-state index is -0.568. The molecule has 0 aromatic heterocycles. The van der Waals surface area contributed by atoms with Crippen molar-refractivity contribution in [2.45, 2.75) is 52.2 Å². The Labute approximate surface area is 152 Å². The zero-order valence-corrected chi connectivity index (χ0v) is 15.6. The SMILES string of the molecule is CC1CCC(c2c(F)c(N)cc3c2OCO3)=CCN1C(=O)OC(C)(C)C. The lowest BCUT2D eigenvalue weighted by atomic mass is 9.97. The first-order valence-electron chi connectivity index (χ1n) is 8.74. The minimum Gasteiger partial charge on any atom is -0.453 e. The lowest BCUT2D eigenvalue weighted by Gasteiger charge is -2.30. The molecule has 2 N–H and O–H groups in total. The van der Waals surface area contributed by atoms with E-state index in [2.05, 4.69) is 0 Å². The fraction of sp³-hybridized carbons (Fsp3) is 0.526. The number of ether oxygens (including phenoxy) is 3. The minimum absolute atomic E-state index is 0.0199. The van der Waals surface area contributed by atoms with E-state index in [4.69, 9.17) is 19.9 Å². The van der Waals surface area contributed by atoms with Gasteiger partial charge >= 0.3 is 6.09 Å². The highest BCUT2D eigenvalue weighted by Gasteiger charge is 2.30. The van der Waals surface area contributed by atoms with Crippen LogP contribution in [0.25, 0.3) is 5.57 Å². The largest absolute Gasteiger partial charge is 0.453 e. The molecular formula is C19H25FN2O4. The number of halogens is 1. The number of nitrogens with zero attached hydrogens (tertiary/aromatic N) is 1. The summed E-state index contributed by atoms with van der Waals surface area (Å²) in [5.74, 6) is 0.307. The Morgan fingerprint density at radius 1 is 1.38 bits per heavy atom. The third-order valence-corrected chi connectivity index (χ3v) is 4.48. The maximum absolute atomic E-state index is 14.7. The summed E-state index contributed by atoms with van der Waals surface area (Å²) in [6.07, 6.45) is 2.74. The number of hydrogen-bond acceptors (Lipinski definition) is 5. The van der Waals surface area contributed by atoms with Gasteiger partial charge in [0, 0.05) is 18.7 Å². The molecule has 1 atom stereocenters. The Balaban J connectivity index is 1.91. The Morgan fingerprint density at radius 2 is 2.12 bits per heavy atom. The molecule has 0 bridgehead atoms. The third kappa shape index (κ3) is 3.57. The summed E-state index contributed by atoms with van der Waals surface area (Å²) in [6.45, 7) is 7.82. The second kappa shape index (κ2) is 6.70. The predicted molar refractivity (Wildman–Crippen MR) is 96.5 cm³/mol. The Kier molecular flexibility index (Phi) is 4.73. The second-order valence-corrected chi connectivity index (χ2v) is 7.64. The van der Waals surface area contributed by atoms with Crippen LogP contribution in [0.3, 0.4) is 0 Å². The standard InChI is InChI=1S/C19H25FN2O4/c1-11-5-6-12(7-8-22(11)18(23)26-19(2,3)4)15-16(20)13(21)9-14-17(15)25-10-24-14/h7,9,11H,5-6,8,10,21H2,1-4H3. The van der Waals surface area contributed by atoms with Crippen LogP contribution in [0.4, 0.5) is 14.9 Å². The second-order valence-electron chi connectivity index (χ2n) is 7.64. The lowest BCUT2D eigenvalue weighted by molar-refractivity contribution is 0.0201. The molecule has 0 saturated carbocycles. The van der Waals surface area contributed by atoms with Crippen molar-refractivity contribution < 1.29 is 23.4 Å². The van der Waals surface area contributed by atoms with Gasteiger partial charge in [-0.25, -0.2) is 9.18 Å². The number of benzene rings is 1. The normalized spacial score (nSPS) is 19.8. The molecule has 7 heteroatoms. The zero-order chi connectivity index (χ0) is 19.1. The van der Waals surface area contributed by atoms with E-state index in [1.807, 2.05) is 33.8 Å². The van der Waals surface area contributed by atoms with Crippen molar-refractivity contribution in [2.24, 2.45) is 0 Å². The molecule has 1 aromatic carbocycles. The maximum atomic E-state index is 14.7. The summed E-state index contributed by atoms with van der Waals surface area (Å²) in [6, 6.07) is 1.40. The number of nitrogen functional groups attached to an aromatic ring is 1. The molecule has 0 fully saturated rings. The van der Waals surface area contributed by atoms with Crippen LogP contribution in [0.1, 0.15) is 46.1 Å². The quantitative estimate of drug-likeness (QED) is 0.764. The summed E-state index contributed by atoms with van der Waals surface area (Å²) in [5, 5.41) is 0. The van der Waals surface area contributed by atoms with E-state index < -0.39 is 11.4 Å². The van der Waals surface area contributed by atoms with E-state index in [1.165, 1.54) is 6.07 Å². The summed E-state index contributed by atoms with van der Waals surface area (Å²) in [7, 11) is 0. The topological polar surface area (TPSA) is 74.0 Å². The van der Waals surface area contributed by atoms with Crippen LogP contribution in [0.2, 0.25) is 0 Å². The first-order chi connectivity index (χ1) is 12.2. The first kappa shape index (κ1) is 18.4. The van der Waals surface area contributed by atoms with Gasteiger partial charge < -0.3 is 24.8 Å². The van der Waals surface area contributed by atoms with Crippen LogP contribution in [0.5, 0.6) is 11.5 Å². The van der Waals surface area contributed by atoms with Crippen molar-refractivity contribution in [3.05, 3.63) is 23.5 Å². The molecule has 1 amide bonds. The number of carbonyl (C=O) groups is 1. The van der Waals surface area contributed by atoms with Gasteiger partial charge in [0.05, 0.1) is 11.3 Å². The summed E-state index contributed by atoms with van der Waals surface area (Å²) in [4.78, 5) is 14.1. The highest BCUT2D eigenvalue weighted by atomic mass is 19.1. The molecule has 1 aromatic rings. The molecule has 1 unspecified atom stereocenters. The molecular weight excluding hydrogens is 339 g/mol. The van der Waals surface area contributed by atoms with Crippen molar-refractivity contribution in [1.82, 2.24) is 4.90 Å². The van der Waals surface area contributed by atoms with Crippen LogP contribution in [0, 0.1) is 5.82 Å². The first-order valence-corrected chi connectivity index (χ1v) is 8.74. The lowest BCUT2D eigenvalue weighted by Crippen LogP contribution is -2.41. The van der Waals surface area contributed by atoms with Crippen molar-refractivity contribution in [1.29, 1.82) is 0 Å². The number of amides is 1. The van der Waals surface area contributed by atoms with Gasteiger partial charge in [0.15, 0.2) is 17.3 Å². The molecule has 142 valence electrons. The van der Waals surface area contributed by atoms with E-state index in [1.54, 1.807) is 4.90 Å². The molecule has 0 saturated heterocycles. The van der Waals surface area contributed by atoms with Gasteiger partial charge in [0.25, 0.3) is 0 Å². The molecule has 6 nitrogen and oxygen atoms in total. The van der Waals surface area contributed by atoms with E-state index in [9.17, 15) is 9.18 Å². The Bertz CT molecular complexity index is 755. The van der Waals surface area contributed by atoms with Gasteiger partial charge in [-0.1, -0.05) is 6.08 Å². The van der Waals surface area contributed by atoms with Crippen molar-refractivity contribution in [2.75, 3.05) is 19.1 Å². The summed E-state index contributed by atoms with van der Waals surface area (Å²) < 4.78 is 31.0. The van der Waals surface area contributed by atoms with Crippen LogP contribution >= 0.6 is 0 Å². The van der Waals surface area contributed by atoms with Crippen LogP contribution in [0.15, 0.2) is 12.1 Å². The number of anilines is 1. The fourth-order valence-electron chi connectivity index (χ4n) is 3.14. The van der Waals surface area contributed by atoms with Gasteiger partial charge in [0.1, 0.15) is 5.60 Å². The number of carbonyl (C=O) groups excluding carboxylic acids is 1. The highest BCUT2D eigenvalue weighted by Crippen LogP contribution is 2.44. The molecule has 0 aliphatic carbocycles. The molecule has 0 radical (unpaired) electrons. The fourth-order valence-corrected chi connectivity index (χ4v) is 3.14. The molecule has 0 spiro atoms. The van der Waals surface area contributed by atoms with Crippen LogP contribution in [-0.2, 0) is 4.74 Å². The Morgan fingerprint density at radius 3 is 2.81 bits per heavy atom. The van der Waals surface area contributed by atoms with Gasteiger partial charge in [-0.2, -0.15) is 0 Å². The molecule has 26 heavy (non-hydrogen) atoms. The maximum Gasteiger partial charge on any atom is 0.410 e. The van der Waals surface area contributed by atoms with E-state index in [0.717, 1.165) is 5.57 Å². The van der Waals surface area contributed by atoms with Crippen LogP contribution in [-0.4, -0.2) is 36.0 Å². The summed E-state index contributed by atoms with van der Waals surface area (Å²) >= 11 is 0. The highest BCUT2D eigenvalue weighted by molar-refractivity contribution is 5.78. The van der Waals surface area contributed by atoms with Gasteiger partial charge in [-0.3, -0.25) is 0 Å². The van der Waals surface area contributed by atoms with E-state index in [-0.39, 0.29) is 24.6 Å². The van der Waals surface area contributed by atoms with E-state index >= 15 is 0 Å². The van der Waals surface area contributed by atoms with Gasteiger partial charge in [-0.15, -0.1) is 0 Å². The average molecular weight is 364 g/mol. The third-order valence-electron chi connectivity index (χ3n) is 4.48. The van der Waals surface area contributed by atoms with Gasteiger partial charge in [-0.05, 0) is 46.1 Å². The number of allylic oxidation sites excluding steroid dienone is 1. The molecule has 3 rings (SSSR count). The van der Waals surface area contributed by atoms with E-state index in [0.29, 0.717) is 36.4 Å². The van der Waals surface area contributed by atoms with Crippen LogP contribution < -0.4 is 15.2 Å². The zero-order valence-electron chi connectivity index (χ0n) is 15.6. The number of hydrogen-bond donors (Lipinski definition) is 1. The number of nitrogens with two attached hydrogens (primary N) is 1. The predicted octanol–water partition coefficient (Wildman–Crippen LogP) is 3.94. The van der Waals surface area contributed by atoms with Gasteiger partial charge in [0.2, 0.25) is 6.79 Å². The van der Waals surface area contributed by atoms with Crippen molar-refractivity contribution in [3.8, 4) is 11.5 Å². The monoisotopic (exact) mass is 364 g/mol. The Hall–Kier alpha value is -2.44. The smallest absolute Gasteiger partial charge is 0.410 e. The molecule has 2 aliphatic rings. The molecule has 2 aliphatic heterocycles. The molecule has 2 heterocycles. The number of fused-ring (bicyclic) bond motifs is 1. The average Bonchev–Trinajstić information content (AvgIpc) is 2.89.